The molecular weight excluding hydrogens is 268 g/mol. The molecule has 116 valence electrons. The molecule has 2 atom stereocenters. The lowest BCUT2D eigenvalue weighted by Crippen LogP contribution is -2.52. The Bertz CT molecular complexity index is 456. The number of likely N-dealkylation sites (tertiary alicyclic amines) is 1. The maximum Gasteiger partial charge on any atom is 0.239 e. The highest BCUT2D eigenvalue weighted by molar-refractivity contribution is 5.81. The van der Waals surface area contributed by atoms with Gasteiger partial charge in [0.1, 0.15) is 0 Å². The van der Waals surface area contributed by atoms with Crippen molar-refractivity contribution in [1.82, 2.24) is 19.6 Å². The Morgan fingerprint density at radius 1 is 1.38 bits per heavy atom. The van der Waals surface area contributed by atoms with Crippen LogP contribution in [-0.2, 0) is 16.1 Å². The van der Waals surface area contributed by atoms with Crippen LogP contribution in [0.5, 0.6) is 0 Å². The van der Waals surface area contributed by atoms with Gasteiger partial charge in [-0.05, 0) is 32.4 Å². The Kier molecular flexibility index (Phi) is 4.55. The van der Waals surface area contributed by atoms with Gasteiger partial charge in [0.25, 0.3) is 0 Å². The molecule has 6 nitrogen and oxygen atoms in total. The van der Waals surface area contributed by atoms with Crippen molar-refractivity contribution in [3.63, 3.8) is 0 Å². The summed E-state index contributed by atoms with van der Waals surface area (Å²) in [5.41, 5.74) is 0. The summed E-state index contributed by atoms with van der Waals surface area (Å²) in [6.45, 7) is 6.68. The molecular formula is C15H24N4O2. The minimum absolute atomic E-state index is 0.0498. The largest absolute Gasteiger partial charge is 0.378 e. The number of carbonyl (C=O) groups is 1. The molecule has 3 heterocycles. The minimum atomic E-state index is -0.0498. The molecule has 1 aromatic heterocycles. The molecule has 2 aliphatic heterocycles. The summed E-state index contributed by atoms with van der Waals surface area (Å²) >= 11 is 0. The van der Waals surface area contributed by atoms with Gasteiger partial charge in [0.2, 0.25) is 5.91 Å². The summed E-state index contributed by atoms with van der Waals surface area (Å²) in [6, 6.07) is 2.30. The van der Waals surface area contributed by atoms with Crippen molar-refractivity contribution < 1.29 is 9.53 Å². The fourth-order valence-electron chi connectivity index (χ4n) is 3.38. The quantitative estimate of drug-likeness (QED) is 0.815. The lowest BCUT2D eigenvalue weighted by molar-refractivity contribution is -0.141. The fourth-order valence-corrected chi connectivity index (χ4v) is 3.38. The SMILES string of the molecule is C[C@H](C(=O)N1CCOCC1)N1CCC[C@@H]1Cn1cccn1. The smallest absolute Gasteiger partial charge is 0.239 e. The Hall–Kier alpha value is -1.40. The number of carbonyl (C=O) groups excluding carboxylic acids is 1. The van der Waals surface area contributed by atoms with Crippen molar-refractivity contribution in [2.24, 2.45) is 0 Å². The van der Waals surface area contributed by atoms with E-state index in [1.54, 1.807) is 0 Å². The van der Waals surface area contributed by atoms with Gasteiger partial charge in [0.15, 0.2) is 0 Å². The molecule has 0 N–H and O–H groups in total. The topological polar surface area (TPSA) is 50.6 Å². The molecule has 0 aromatic carbocycles. The van der Waals surface area contributed by atoms with Gasteiger partial charge >= 0.3 is 0 Å². The molecule has 0 spiro atoms. The van der Waals surface area contributed by atoms with E-state index in [-0.39, 0.29) is 11.9 Å². The molecule has 0 unspecified atom stereocenters. The van der Waals surface area contributed by atoms with Crippen LogP contribution in [0.4, 0.5) is 0 Å². The number of rotatable bonds is 4. The van der Waals surface area contributed by atoms with E-state index in [4.69, 9.17) is 4.74 Å². The maximum absolute atomic E-state index is 12.6. The van der Waals surface area contributed by atoms with Crippen molar-refractivity contribution in [3.05, 3.63) is 18.5 Å². The second kappa shape index (κ2) is 6.58. The number of aromatic nitrogens is 2. The van der Waals surface area contributed by atoms with Crippen molar-refractivity contribution in [2.75, 3.05) is 32.8 Å². The van der Waals surface area contributed by atoms with Gasteiger partial charge in [-0.25, -0.2) is 0 Å². The number of hydrogen-bond donors (Lipinski definition) is 0. The summed E-state index contributed by atoms with van der Waals surface area (Å²) in [4.78, 5) is 16.9. The van der Waals surface area contributed by atoms with E-state index in [1.165, 1.54) is 0 Å². The van der Waals surface area contributed by atoms with Crippen molar-refractivity contribution >= 4 is 5.91 Å². The number of amides is 1. The van der Waals surface area contributed by atoms with Crippen LogP contribution >= 0.6 is 0 Å². The Morgan fingerprint density at radius 3 is 2.90 bits per heavy atom. The molecule has 0 aliphatic carbocycles. The van der Waals surface area contributed by atoms with Gasteiger partial charge in [-0.3, -0.25) is 14.4 Å². The van der Waals surface area contributed by atoms with Crippen LogP contribution in [0.3, 0.4) is 0 Å². The first-order valence-electron chi connectivity index (χ1n) is 7.85. The molecule has 2 fully saturated rings. The third-order valence-corrected chi connectivity index (χ3v) is 4.56. The highest BCUT2D eigenvalue weighted by atomic mass is 16.5. The third kappa shape index (κ3) is 3.27. The number of ether oxygens (including phenoxy) is 1. The average molecular weight is 292 g/mol. The normalized spacial score (nSPS) is 25.2. The highest BCUT2D eigenvalue weighted by Crippen LogP contribution is 2.22. The Morgan fingerprint density at radius 2 is 2.19 bits per heavy atom. The zero-order chi connectivity index (χ0) is 14.7. The predicted molar refractivity (Wildman–Crippen MR) is 78.8 cm³/mol. The summed E-state index contributed by atoms with van der Waals surface area (Å²) in [5, 5.41) is 4.29. The monoisotopic (exact) mass is 292 g/mol. The second-order valence-electron chi connectivity index (χ2n) is 5.88. The minimum Gasteiger partial charge on any atom is -0.378 e. The van der Waals surface area contributed by atoms with Crippen LogP contribution in [0.15, 0.2) is 18.5 Å². The molecule has 2 aliphatic rings. The lowest BCUT2D eigenvalue weighted by atomic mass is 10.1. The van der Waals surface area contributed by atoms with Crippen molar-refractivity contribution in [3.8, 4) is 0 Å². The molecule has 2 saturated heterocycles. The zero-order valence-electron chi connectivity index (χ0n) is 12.6. The van der Waals surface area contributed by atoms with Gasteiger partial charge in [0.05, 0.1) is 25.8 Å². The summed E-state index contributed by atoms with van der Waals surface area (Å²) < 4.78 is 7.29. The molecule has 0 saturated carbocycles. The predicted octanol–water partition coefficient (Wildman–Crippen LogP) is 0.595. The molecule has 1 amide bonds. The molecule has 21 heavy (non-hydrogen) atoms. The van der Waals surface area contributed by atoms with Gasteiger partial charge in [-0.2, -0.15) is 5.10 Å². The molecule has 0 bridgehead atoms. The summed E-state index contributed by atoms with van der Waals surface area (Å²) in [6.07, 6.45) is 6.10. The molecule has 1 aromatic rings. The molecule has 3 rings (SSSR count). The Labute approximate surface area is 125 Å². The summed E-state index contributed by atoms with van der Waals surface area (Å²) in [5.74, 6) is 0.241. The fraction of sp³-hybridized carbons (Fsp3) is 0.733. The first kappa shape index (κ1) is 14.5. The van der Waals surface area contributed by atoms with E-state index in [9.17, 15) is 4.79 Å². The highest BCUT2D eigenvalue weighted by Gasteiger charge is 2.34. The number of hydrogen-bond acceptors (Lipinski definition) is 4. The van der Waals surface area contributed by atoms with E-state index in [1.807, 2.05) is 35.0 Å². The standard InChI is InChI=1S/C15H24N4O2/c1-13(15(20)17-8-10-21-11-9-17)19-7-2-4-14(19)12-18-6-3-5-16-18/h3,5-6,13-14H,2,4,7-12H2,1H3/t13-,14-/m1/s1. The Balaban J connectivity index is 1.62. The van der Waals surface area contributed by atoms with Gasteiger partial charge in [0, 0.05) is 31.5 Å². The van der Waals surface area contributed by atoms with E-state index < -0.39 is 0 Å². The number of nitrogens with zero attached hydrogens (tertiary/aromatic N) is 4. The van der Waals surface area contributed by atoms with Crippen LogP contribution in [0.25, 0.3) is 0 Å². The molecule has 6 heteroatoms. The average Bonchev–Trinajstić information content (AvgIpc) is 3.19. The van der Waals surface area contributed by atoms with Crippen LogP contribution in [0.2, 0.25) is 0 Å². The first-order valence-corrected chi connectivity index (χ1v) is 7.85. The van der Waals surface area contributed by atoms with E-state index >= 15 is 0 Å². The third-order valence-electron chi connectivity index (χ3n) is 4.56. The second-order valence-corrected chi connectivity index (χ2v) is 5.88. The lowest BCUT2D eigenvalue weighted by Gasteiger charge is -2.35. The van der Waals surface area contributed by atoms with E-state index in [2.05, 4.69) is 10.00 Å². The van der Waals surface area contributed by atoms with Crippen molar-refractivity contribution in [1.29, 1.82) is 0 Å². The van der Waals surface area contributed by atoms with Crippen LogP contribution in [0, 0.1) is 0 Å². The van der Waals surface area contributed by atoms with E-state index in [0.29, 0.717) is 19.3 Å². The summed E-state index contributed by atoms with van der Waals surface area (Å²) in [7, 11) is 0. The zero-order valence-corrected chi connectivity index (χ0v) is 12.6. The van der Waals surface area contributed by atoms with Crippen LogP contribution < -0.4 is 0 Å². The van der Waals surface area contributed by atoms with Crippen molar-refractivity contribution in [2.45, 2.75) is 38.4 Å². The van der Waals surface area contributed by atoms with Gasteiger partial charge in [-0.15, -0.1) is 0 Å². The molecule has 0 radical (unpaired) electrons. The van der Waals surface area contributed by atoms with Gasteiger partial charge < -0.3 is 9.64 Å². The van der Waals surface area contributed by atoms with Crippen LogP contribution in [0.1, 0.15) is 19.8 Å². The van der Waals surface area contributed by atoms with E-state index in [0.717, 1.165) is 39.0 Å². The van der Waals surface area contributed by atoms with Crippen LogP contribution in [-0.4, -0.2) is 70.4 Å². The van der Waals surface area contributed by atoms with Gasteiger partial charge in [-0.1, -0.05) is 0 Å². The number of morpholine rings is 1. The first-order chi connectivity index (χ1) is 10.3. The maximum atomic E-state index is 12.6.